The zero-order valence-corrected chi connectivity index (χ0v) is 13.7. The Kier molecular flexibility index (Phi) is 4.95. The first-order valence-corrected chi connectivity index (χ1v) is 7.31. The Balaban J connectivity index is 2.29. The number of nitrogens with zero attached hydrogens (tertiary/aromatic N) is 3. The summed E-state index contributed by atoms with van der Waals surface area (Å²) in [6, 6.07) is 3.72. The van der Waals surface area contributed by atoms with E-state index < -0.39 is 0 Å². The molecule has 2 rings (SSSR count). The van der Waals surface area contributed by atoms with Gasteiger partial charge >= 0.3 is 0 Å². The first kappa shape index (κ1) is 15.5. The number of aromatic nitrogens is 3. The van der Waals surface area contributed by atoms with Crippen molar-refractivity contribution in [3.63, 3.8) is 0 Å². The van der Waals surface area contributed by atoms with Crippen molar-refractivity contribution in [2.45, 2.75) is 26.4 Å². The summed E-state index contributed by atoms with van der Waals surface area (Å²) in [6.07, 6.45) is 3.43. The molecule has 0 bridgehead atoms. The fraction of sp³-hybridized carbons (Fsp3) is 0.357. The van der Waals surface area contributed by atoms with Gasteiger partial charge in [-0.1, -0.05) is 0 Å². The Hall–Kier alpha value is -1.89. The predicted octanol–water partition coefficient (Wildman–Crippen LogP) is 2.24. The van der Waals surface area contributed by atoms with Gasteiger partial charge in [-0.25, -0.2) is 9.97 Å². The summed E-state index contributed by atoms with van der Waals surface area (Å²) in [6.45, 7) is 4.06. The number of pyridine rings is 1. The molecule has 1 N–H and O–H groups in total. The molecule has 0 aliphatic carbocycles. The number of methoxy groups -OCH3 is 1. The van der Waals surface area contributed by atoms with Gasteiger partial charge in [-0.2, -0.15) is 0 Å². The van der Waals surface area contributed by atoms with Crippen LogP contribution < -0.4 is 10.1 Å². The molecule has 1 amide bonds. The monoisotopic (exact) mass is 352 g/mol. The minimum atomic E-state index is -0.0582. The number of imidazole rings is 1. The molecule has 2 aromatic rings. The first-order chi connectivity index (χ1) is 9.99. The van der Waals surface area contributed by atoms with Gasteiger partial charge in [-0.3, -0.25) is 4.79 Å². The lowest BCUT2D eigenvalue weighted by atomic mass is 10.2. The lowest BCUT2D eigenvalue weighted by Gasteiger charge is -2.11. The van der Waals surface area contributed by atoms with Gasteiger partial charge in [-0.15, -0.1) is 0 Å². The second-order valence-corrected chi connectivity index (χ2v) is 5.64. The molecule has 0 aromatic carbocycles. The number of hydrogen-bond acceptors (Lipinski definition) is 4. The molecule has 0 saturated heterocycles. The molecule has 0 spiro atoms. The van der Waals surface area contributed by atoms with Crippen LogP contribution in [0.5, 0.6) is 5.88 Å². The number of carbonyl (C=O) groups excluding carboxylic acids is 1. The Bertz CT molecular complexity index is 640. The van der Waals surface area contributed by atoms with E-state index in [2.05, 4.69) is 31.2 Å². The van der Waals surface area contributed by atoms with E-state index in [0.717, 1.165) is 5.56 Å². The molecule has 2 aromatic heterocycles. The standard InChI is InChI=1S/C14H17BrN4O2/c1-9(2)17-12(20)8-19-7-11(15)18-14(19)10-4-5-16-13(6-10)21-3/h4-7,9H,8H2,1-3H3,(H,17,20). The van der Waals surface area contributed by atoms with Gasteiger partial charge in [0.15, 0.2) is 0 Å². The lowest BCUT2D eigenvalue weighted by molar-refractivity contribution is -0.122. The number of carbonyl (C=O) groups is 1. The molecule has 6 nitrogen and oxygen atoms in total. The molecule has 0 aliphatic heterocycles. The quantitative estimate of drug-likeness (QED) is 0.895. The van der Waals surface area contributed by atoms with Crippen molar-refractivity contribution in [1.82, 2.24) is 19.9 Å². The first-order valence-electron chi connectivity index (χ1n) is 6.52. The summed E-state index contributed by atoms with van der Waals surface area (Å²) in [5, 5.41) is 2.86. The molecule has 0 saturated carbocycles. The van der Waals surface area contributed by atoms with Crippen molar-refractivity contribution in [2.75, 3.05) is 7.11 Å². The molecule has 7 heteroatoms. The van der Waals surface area contributed by atoms with Crippen molar-refractivity contribution in [1.29, 1.82) is 0 Å². The molecule has 0 fully saturated rings. The highest BCUT2D eigenvalue weighted by atomic mass is 79.9. The van der Waals surface area contributed by atoms with Gasteiger partial charge in [0.25, 0.3) is 0 Å². The highest BCUT2D eigenvalue weighted by Crippen LogP contribution is 2.23. The van der Waals surface area contributed by atoms with Crippen molar-refractivity contribution in [2.24, 2.45) is 0 Å². The maximum atomic E-state index is 11.9. The third kappa shape index (κ3) is 4.04. The highest BCUT2D eigenvalue weighted by molar-refractivity contribution is 9.10. The van der Waals surface area contributed by atoms with Gasteiger partial charge in [0.05, 0.1) is 7.11 Å². The van der Waals surface area contributed by atoms with Crippen molar-refractivity contribution < 1.29 is 9.53 Å². The van der Waals surface area contributed by atoms with Crippen molar-refractivity contribution in [3.05, 3.63) is 29.1 Å². The second-order valence-electron chi connectivity index (χ2n) is 4.82. The number of amides is 1. The highest BCUT2D eigenvalue weighted by Gasteiger charge is 2.13. The minimum Gasteiger partial charge on any atom is -0.481 e. The summed E-state index contributed by atoms with van der Waals surface area (Å²) >= 11 is 3.35. The second kappa shape index (κ2) is 6.71. The van der Waals surface area contributed by atoms with Crippen LogP contribution in [0.4, 0.5) is 0 Å². The van der Waals surface area contributed by atoms with Crippen molar-refractivity contribution >= 4 is 21.8 Å². The van der Waals surface area contributed by atoms with E-state index in [4.69, 9.17) is 4.74 Å². The molecule has 2 heterocycles. The number of hydrogen-bond donors (Lipinski definition) is 1. The van der Waals surface area contributed by atoms with Gasteiger partial charge in [0.2, 0.25) is 11.8 Å². The molecule has 0 aliphatic rings. The third-order valence-electron chi connectivity index (χ3n) is 2.71. The van der Waals surface area contributed by atoms with Crippen molar-refractivity contribution in [3.8, 4) is 17.3 Å². The van der Waals surface area contributed by atoms with Gasteiger partial charge in [-0.05, 0) is 35.8 Å². The van der Waals surface area contributed by atoms with E-state index in [1.165, 1.54) is 0 Å². The molecule has 0 unspecified atom stereocenters. The summed E-state index contributed by atoms with van der Waals surface area (Å²) in [5.74, 6) is 1.13. The molecule has 0 atom stereocenters. The third-order valence-corrected chi connectivity index (χ3v) is 3.09. The van der Waals surface area contributed by atoms with Crippen LogP contribution in [0.2, 0.25) is 0 Å². The maximum absolute atomic E-state index is 11.9. The molecular formula is C14H17BrN4O2. The lowest BCUT2D eigenvalue weighted by Crippen LogP contribution is -2.33. The Morgan fingerprint density at radius 2 is 2.29 bits per heavy atom. The largest absolute Gasteiger partial charge is 0.481 e. The maximum Gasteiger partial charge on any atom is 0.240 e. The Morgan fingerprint density at radius 3 is 2.95 bits per heavy atom. The average Bonchev–Trinajstić information content (AvgIpc) is 2.78. The van der Waals surface area contributed by atoms with E-state index in [0.29, 0.717) is 16.3 Å². The fourth-order valence-corrected chi connectivity index (χ4v) is 2.33. The van der Waals surface area contributed by atoms with Crippen LogP contribution in [0.1, 0.15) is 13.8 Å². The molecule has 112 valence electrons. The van der Waals surface area contributed by atoms with Crippen LogP contribution in [0.25, 0.3) is 11.4 Å². The van der Waals surface area contributed by atoms with Gasteiger partial charge in [0, 0.05) is 30.1 Å². The fourth-order valence-electron chi connectivity index (χ4n) is 1.92. The van der Waals surface area contributed by atoms with Crippen LogP contribution >= 0.6 is 15.9 Å². The van der Waals surface area contributed by atoms with Crippen LogP contribution in [0.15, 0.2) is 29.1 Å². The minimum absolute atomic E-state index is 0.0582. The van der Waals surface area contributed by atoms with Gasteiger partial charge < -0.3 is 14.6 Å². The zero-order valence-electron chi connectivity index (χ0n) is 12.1. The molecule has 21 heavy (non-hydrogen) atoms. The summed E-state index contributed by atoms with van der Waals surface area (Å²) < 4.78 is 7.58. The zero-order chi connectivity index (χ0) is 15.4. The summed E-state index contributed by atoms with van der Waals surface area (Å²) in [5.41, 5.74) is 0.838. The summed E-state index contributed by atoms with van der Waals surface area (Å²) in [4.78, 5) is 20.4. The smallest absolute Gasteiger partial charge is 0.240 e. The Morgan fingerprint density at radius 1 is 1.52 bits per heavy atom. The number of halogens is 1. The molecule has 0 radical (unpaired) electrons. The van der Waals surface area contributed by atoms with Crippen LogP contribution in [0, 0.1) is 0 Å². The normalized spacial score (nSPS) is 10.7. The van der Waals surface area contributed by atoms with E-state index in [1.807, 2.05) is 19.9 Å². The number of ether oxygens (including phenoxy) is 1. The van der Waals surface area contributed by atoms with E-state index in [-0.39, 0.29) is 18.5 Å². The van der Waals surface area contributed by atoms with Crippen LogP contribution in [0.3, 0.4) is 0 Å². The number of nitrogens with one attached hydrogen (secondary N) is 1. The summed E-state index contributed by atoms with van der Waals surface area (Å²) in [7, 11) is 1.56. The van der Waals surface area contributed by atoms with E-state index in [9.17, 15) is 4.79 Å². The van der Waals surface area contributed by atoms with Gasteiger partial charge in [0.1, 0.15) is 17.0 Å². The van der Waals surface area contributed by atoms with Crippen LogP contribution in [-0.4, -0.2) is 33.6 Å². The SMILES string of the molecule is COc1cc(-c2nc(Br)cn2CC(=O)NC(C)C)ccn1. The average molecular weight is 353 g/mol. The molecular weight excluding hydrogens is 336 g/mol. The predicted molar refractivity (Wildman–Crippen MR) is 83.0 cm³/mol. The Labute approximate surface area is 131 Å². The topological polar surface area (TPSA) is 69.0 Å². The van der Waals surface area contributed by atoms with Crippen LogP contribution in [-0.2, 0) is 11.3 Å². The van der Waals surface area contributed by atoms with E-state index >= 15 is 0 Å². The number of rotatable bonds is 5. The van der Waals surface area contributed by atoms with E-state index in [1.54, 1.807) is 30.1 Å².